The van der Waals surface area contributed by atoms with E-state index in [0.29, 0.717) is 0 Å². The van der Waals surface area contributed by atoms with Crippen molar-refractivity contribution < 1.29 is 63.1 Å². The van der Waals surface area contributed by atoms with Crippen molar-refractivity contribution in [2.75, 3.05) is 20.6 Å². The van der Waals surface area contributed by atoms with E-state index in [1.54, 1.807) is 0 Å². The van der Waals surface area contributed by atoms with Gasteiger partial charge in [0, 0.05) is 0 Å². The number of halogens is 3. The molecule has 0 bridgehead atoms. The predicted molar refractivity (Wildman–Crippen MR) is 92.6 cm³/mol. The zero-order valence-electron chi connectivity index (χ0n) is 14.7. The van der Waals surface area contributed by atoms with Crippen LogP contribution in [0.5, 0.6) is 0 Å². The van der Waals surface area contributed by atoms with E-state index in [9.17, 15) is 0 Å². The number of hydrogen-bond donors (Lipinski definition) is 0. The van der Waals surface area contributed by atoms with E-state index in [1.807, 2.05) is 6.07 Å². The van der Waals surface area contributed by atoms with Crippen LogP contribution in [0.15, 0.2) is 72.8 Å². The quantitative estimate of drug-likeness (QED) is 0.231. The summed E-state index contributed by atoms with van der Waals surface area (Å²) >= 11 is 0. The van der Waals surface area contributed by atoms with Crippen molar-refractivity contribution in [1.29, 1.82) is 0 Å². The van der Waals surface area contributed by atoms with Gasteiger partial charge in [0.2, 0.25) is 0 Å². The van der Waals surface area contributed by atoms with Crippen molar-refractivity contribution in [3.63, 3.8) is 0 Å². The minimum atomic E-state index is 0. The SMILES string of the molecule is C[C-](CN(C)C)c1ccccc1.[Cl-].[Cl-].[Cl-].[Hf+4].c1ccc2[cH-]ccc2c1. The van der Waals surface area contributed by atoms with Gasteiger partial charge in [-0.3, -0.25) is 0 Å². The Morgan fingerprint density at radius 3 is 1.96 bits per heavy atom. The normalized spacial score (nSPS) is 8.64. The fourth-order valence-corrected chi connectivity index (χ4v) is 2.36. The van der Waals surface area contributed by atoms with Crippen LogP contribution in [0.2, 0.25) is 0 Å². The summed E-state index contributed by atoms with van der Waals surface area (Å²) in [4.78, 5) is 2.18. The van der Waals surface area contributed by atoms with Crippen LogP contribution in [0.1, 0.15) is 12.5 Å². The topological polar surface area (TPSA) is 3.24 Å². The summed E-state index contributed by atoms with van der Waals surface area (Å²) in [5.74, 6) is 1.42. The summed E-state index contributed by atoms with van der Waals surface area (Å²) in [6, 6.07) is 25.2. The second-order valence-corrected chi connectivity index (χ2v) is 5.54. The van der Waals surface area contributed by atoms with Crippen molar-refractivity contribution in [2.45, 2.75) is 6.92 Å². The van der Waals surface area contributed by atoms with Crippen LogP contribution >= 0.6 is 0 Å². The minimum absolute atomic E-state index is 0. The number of hydrogen-bond acceptors (Lipinski definition) is 1. The second kappa shape index (κ2) is 15.8. The third kappa shape index (κ3) is 10.4. The molecule has 0 aliphatic carbocycles. The maximum Gasteiger partial charge on any atom is 4.00 e. The first kappa shape index (κ1) is 29.4. The first-order valence-corrected chi connectivity index (χ1v) is 7.30. The van der Waals surface area contributed by atoms with Gasteiger partial charge in [-0.15, -0.1) is 41.8 Å². The summed E-state index contributed by atoms with van der Waals surface area (Å²) in [6.45, 7) is 3.21. The Hall–Kier alpha value is -0.380. The van der Waals surface area contributed by atoms with Crippen LogP contribution in [0.4, 0.5) is 0 Å². The van der Waals surface area contributed by atoms with Gasteiger partial charge in [-0.25, -0.2) is 0 Å². The van der Waals surface area contributed by atoms with Gasteiger partial charge in [0.15, 0.2) is 0 Å². The van der Waals surface area contributed by atoms with Crippen LogP contribution < -0.4 is 37.2 Å². The molecule has 0 aliphatic heterocycles. The van der Waals surface area contributed by atoms with Crippen molar-refractivity contribution in [3.05, 3.63) is 84.3 Å². The molecule has 25 heavy (non-hydrogen) atoms. The molecule has 0 radical (unpaired) electrons. The van der Waals surface area contributed by atoms with E-state index in [2.05, 4.69) is 92.6 Å². The third-order valence-electron chi connectivity index (χ3n) is 3.37. The summed E-state index contributed by atoms with van der Waals surface area (Å²) in [5.41, 5.74) is 1.34. The van der Waals surface area contributed by atoms with Crippen molar-refractivity contribution >= 4 is 10.8 Å². The van der Waals surface area contributed by atoms with Crippen LogP contribution in [-0.2, 0) is 25.8 Å². The van der Waals surface area contributed by atoms with E-state index >= 15 is 0 Å². The molecule has 3 aromatic rings. The van der Waals surface area contributed by atoms with Crippen LogP contribution in [0, 0.1) is 5.92 Å². The molecule has 0 spiro atoms. The van der Waals surface area contributed by atoms with E-state index in [4.69, 9.17) is 0 Å². The fraction of sp³-hybridized carbons (Fsp3) is 0.200. The summed E-state index contributed by atoms with van der Waals surface area (Å²) in [7, 11) is 4.18. The molecule has 0 saturated carbocycles. The van der Waals surface area contributed by atoms with Gasteiger partial charge in [-0.2, -0.15) is 41.1 Å². The molecule has 1 nitrogen and oxygen atoms in total. The molecule has 134 valence electrons. The fourth-order valence-electron chi connectivity index (χ4n) is 2.36. The Bertz CT molecular complexity index is 626. The average Bonchev–Trinajstić information content (AvgIpc) is 2.96. The number of benzene rings is 2. The largest absolute Gasteiger partial charge is 4.00 e. The van der Waals surface area contributed by atoms with Gasteiger partial charge in [0.25, 0.3) is 0 Å². The van der Waals surface area contributed by atoms with Gasteiger partial charge >= 0.3 is 25.8 Å². The van der Waals surface area contributed by atoms with E-state index < -0.39 is 0 Å². The van der Waals surface area contributed by atoms with Gasteiger partial charge in [0.05, 0.1) is 0 Å². The number of fused-ring (bicyclic) bond motifs is 1. The molecule has 0 unspecified atom stereocenters. The molecular weight excluding hydrogens is 539 g/mol. The Labute approximate surface area is 189 Å². The van der Waals surface area contributed by atoms with Gasteiger partial charge in [-0.05, 0) is 20.6 Å². The summed E-state index contributed by atoms with van der Waals surface area (Å²) in [5, 5.41) is 2.66. The first-order valence-electron chi connectivity index (χ1n) is 7.30. The number of rotatable bonds is 3. The molecule has 0 amide bonds. The van der Waals surface area contributed by atoms with Crippen molar-refractivity contribution in [3.8, 4) is 0 Å². The molecule has 0 atom stereocenters. The molecule has 3 rings (SSSR count). The van der Waals surface area contributed by atoms with E-state index in [0.717, 1.165) is 6.54 Å². The Morgan fingerprint density at radius 2 is 1.40 bits per heavy atom. The van der Waals surface area contributed by atoms with E-state index in [-0.39, 0.29) is 63.1 Å². The molecular formula is C20H23Cl3HfN-. The monoisotopic (exact) mass is 562 g/mol. The maximum absolute atomic E-state index is 2.18. The van der Waals surface area contributed by atoms with Crippen LogP contribution in [0.3, 0.4) is 0 Å². The van der Waals surface area contributed by atoms with Crippen LogP contribution in [0.25, 0.3) is 10.8 Å². The molecule has 0 heterocycles. The Morgan fingerprint density at radius 1 is 0.840 bits per heavy atom. The zero-order chi connectivity index (χ0) is 15.1. The van der Waals surface area contributed by atoms with E-state index in [1.165, 1.54) is 22.3 Å². The maximum atomic E-state index is 2.18. The standard InChI is InChI=1S/C11H16N.C9H7.3ClH.Hf/c1-10(9-12(2)3)11-7-5-4-6-8-11;1-2-5-9-7-3-6-8(9)4-1;;;;/h4-8H,9H2,1-3H3;1-7H;3*1H;/q2*-1;;;;+4/p-3. The summed E-state index contributed by atoms with van der Waals surface area (Å²) < 4.78 is 0. The van der Waals surface area contributed by atoms with Gasteiger partial charge in [0.1, 0.15) is 0 Å². The second-order valence-electron chi connectivity index (χ2n) is 5.54. The number of nitrogens with zero attached hydrogens (tertiary/aromatic N) is 1. The molecule has 3 aromatic carbocycles. The molecule has 0 fully saturated rings. The Balaban J connectivity index is -0.000000341. The molecule has 0 aliphatic rings. The predicted octanol–water partition coefficient (Wildman–Crippen LogP) is -4.24. The van der Waals surface area contributed by atoms with Gasteiger partial charge in [-0.1, -0.05) is 19.1 Å². The van der Waals surface area contributed by atoms with Gasteiger partial charge < -0.3 is 42.1 Å². The van der Waals surface area contributed by atoms with Crippen molar-refractivity contribution in [2.24, 2.45) is 0 Å². The number of likely N-dealkylation sites (N-methyl/N-ethyl adjacent to an activating group) is 1. The molecule has 5 heteroatoms. The molecule has 0 aromatic heterocycles. The average molecular weight is 562 g/mol. The summed E-state index contributed by atoms with van der Waals surface area (Å²) in [6.07, 6.45) is 0. The van der Waals surface area contributed by atoms with Crippen LogP contribution in [-0.4, -0.2) is 25.5 Å². The zero-order valence-corrected chi connectivity index (χ0v) is 20.6. The van der Waals surface area contributed by atoms with Crippen molar-refractivity contribution in [1.82, 2.24) is 4.90 Å². The minimum Gasteiger partial charge on any atom is -1.00 e. The third-order valence-corrected chi connectivity index (χ3v) is 3.37. The smallest absolute Gasteiger partial charge is 1.00 e. The molecule has 0 N–H and O–H groups in total. The Kier molecular flexibility index (Phi) is 18.6. The molecule has 0 saturated heterocycles. The first-order chi connectivity index (χ1) is 10.2.